The van der Waals surface area contributed by atoms with Gasteiger partial charge in [0, 0.05) is 6.54 Å². The number of hydrogen-bond acceptors (Lipinski definition) is 4. The first-order chi connectivity index (χ1) is 9.34. The molecule has 0 heterocycles. The van der Waals surface area contributed by atoms with Crippen LogP contribution in [0.2, 0.25) is 0 Å². The average molecular weight is 300 g/mol. The van der Waals surface area contributed by atoms with Crippen molar-refractivity contribution in [1.82, 2.24) is 4.31 Å². The Kier molecular flexibility index (Phi) is 5.19. The molecule has 0 aliphatic carbocycles. The van der Waals surface area contributed by atoms with E-state index in [-0.39, 0.29) is 13.1 Å². The Hall–Kier alpha value is -1.98. The summed E-state index contributed by atoms with van der Waals surface area (Å²) in [6, 6.07) is 2.31. The molecule has 0 bridgehead atoms. The highest BCUT2D eigenvalue weighted by atomic mass is 32.2. The van der Waals surface area contributed by atoms with Gasteiger partial charge in [-0.05, 0) is 18.6 Å². The van der Waals surface area contributed by atoms with E-state index in [0.717, 1.165) is 16.4 Å². The van der Waals surface area contributed by atoms with Crippen LogP contribution < -0.4 is 0 Å². The van der Waals surface area contributed by atoms with Crippen molar-refractivity contribution in [1.29, 1.82) is 0 Å². The lowest BCUT2D eigenvalue weighted by atomic mass is 10.3. The Morgan fingerprint density at radius 2 is 2.15 bits per heavy atom. The minimum Gasteiger partial charge on any atom is -0.258 e. The Labute approximate surface area is 116 Å². The fourth-order valence-electron chi connectivity index (χ4n) is 1.63. The van der Waals surface area contributed by atoms with E-state index in [9.17, 15) is 22.9 Å². The van der Waals surface area contributed by atoms with Crippen LogP contribution >= 0.6 is 0 Å². The number of benzene rings is 1. The van der Waals surface area contributed by atoms with Gasteiger partial charge in [-0.25, -0.2) is 12.8 Å². The summed E-state index contributed by atoms with van der Waals surface area (Å²) in [4.78, 5) is 9.38. The number of halogens is 1. The van der Waals surface area contributed by atoms with Crippen LogP contribution in [0, 0.1) is 28.3 Å². The minimum atomic E-state index is -4.14. The molecule has 0 saturated heterocycles. The first-order valence-corrected chi connectivity index (χ1v) is 7.16. The van der Waals surface area contributed by atoms with Gasteiger partial charge < -0.3 is 0 Å². The normalized spacial score (nSPS) is 11.3. The van der Waals surface area contributed by atoms with Crippen molar-refractivity contribution in [2.75, 3.05) is 13.1 Å². The second-order valence-corrected chi connectivity index (χ2v) is 5.82. The molecule has 0 aliphatic rings. The lowest BCUT2D eigenvalue weighted by Crippen LogP contribution is -2.32. The van der Waals surface area contributed by atoms with E-state index in [1.165, 1.54) is 0 Å². The van der Waals surface area contributed by atoms with E-state index in [1.807, 2.05) is 0 Å². The van der Waals surface area contributed by atoms with Crippen molar-refractivity contribution in [2.45, 2.75) is 18.2 Å². The Bertz CT molecular complexity index is 652. The molecule has 0 saturated carbocycles. The van der Waals surface area contributed by atoms with Gasteiger partial charge in [0.05, 0.1) is 17.5 Å². The SMILES string of the molecule is C#CCN(CCC)S(=O)(=O)c1ccc(F)cc1[N+](=O)[O-]. The summed E-state index contributed by atoms with van der Waals surface area (Å²) < 4.78 is 38.7. The molecule has 0 fully saturated rings. The largest absolute Gasteiger partial charge is 0.292 e. The van der Waals surface area contributed by atoms with E-state index in [1.54, 1.807) is 6.92 Å². The topological polar surface area (TPSA) is 80.5 Å². The predicted molar refractivity (Wildman–Crippen MR) is 70.9 cm³/mol. The van der Waals surface area contributed by atoms with Crippen LogP contribution in [0.25, 0.3) is 0 Å². The molecule has 0 unspecified atom stereocenters. The van der Waals surface area contributed by atoms with Crippen molar-refractivity contribution < 1.29 is 17.7 Å². The van der Waals surface area contributed by atoms with Gasteiger partial charge in [-0.3, -0.25) is 10.1 Å². The average Bonchev–Trinajstić information content (AvgIpc) is 2.38. The molecular formula is C12H13FN2O4S. The zero-order valence-electron chi connectivity index (χ0n) is 10.7. The standard InChI is InChI=1S/C12H13FN2O4S/c1-3-7-14(8-4-2)20(18,19)12-6-5-10(13)9-11(12)15(16)17/h1,5-6,9H,4,7-8H2,2H3. The van der Waals surface area contributed by atoms with Crippen LogP contribution in [0.3, 0.4) is 0 Å². The summed E-state index contributed by atoms with van der Waals surface area (Å²) in [5.74, 6) is 1.31. The smallest absolute Gasteiger partial charge is 0.258 e. The molecular weight excluding hydrogens is 287 g/mol. The zero-order chi connectivity index (χ0) is 15.3. The molecule has 8 heteroatoms. The van der Waals surface area contributed by atoms with Gasteiger partial charge in [0.1, 0.15) is 5.82 Å². The number of nitro benzene ring substituents is 1. The first-order valence-electron chi connectivity index (χ1n) is 5.72. The molecule has 0 aliphatic heterocycles. The monoisotopic (exact) mass is 300 g/mol. The number of nitrogens with zero attached hydrogens (tertiary/aromatic N) is 2. The molecule has 0 atom stereocenters. The molecule has 20 heavy (non-hydrogen) atoms. The summed E-state index contributed by atoms with van der Waals surface area (Å²) in [6.07, 6.45) is 5.60. The predicted octanol–water partition coefficient (Wildman–Crippen LogP) is 1.77. The third-order valence-electron chi connectivity index (χ3n) is 2.48. The van der Waals surface area contributed by atoms with Crippen molar-refractivity contribution in [3.05, 3.63) is 34.1 Å². The van der Waals surface area contributed by atoms with Gasteiger partial charge >= 0.3 is 0 Å². The first kappa shape index (κ1) is 16.1. The van der Waals surface area contributed by atoms with Gasteiger partial charge in [-0.2, -0.15) is 4.31 Å². The maximum Gasteiger partial charge on any atom is 0.292 e. The molecule has 1 aromatic carbocycles. The number of hydrogen-bond donors (Lipinski definition) is 0. The summed E-state index contributed by atoms with van der Waals surface area (Å²) in [5.41, 5.74) is -0.803. The van der Waals surface area contributed by atoms with Crippen molar-refractivity contribution in [2.24, 2.45) is 0 Å². The lowest BCUT2D eigenvalue weighted by molar-refractivity contribution is -0.388. The van der Waals surface area contributed by atoms with Gasteiger partial charge in [-0.15, -0.1) is 6.42 Å². The quantitative estimate of drug-likeness (QED) is 0.455. The molecule has 0 N–H and O–H groups in total. The van der Waals surface area contributed by atoms with Crippen LogP contribution in [0.1, 0.15) is 13.3 Å². The summed E-state index contributed by atoms with van der Waals surface area (Å²) in [6.45, 7) is 1.67. The van der Waals surface area contributed by atoms with Crippen LogP contribution in [0.4, 0.5) is 10.1 Å². The Morgan fingerprint density at radius 1 is 1.50 bits per heavy atom. The summed E-state index contributed by atoms with van der Waals surface area (Å²) in [7, 11) is -4.14. The fraction of sp³-hybridized carbons (Fsp3) is 0.333. The Balaban J connectivity index is 3.41. The van der Waals surface area contributed by atoms with Crippen molar-refractivity contribution in [3.8, 4) is 12.3 Å². The van der Waals surface area contributed by atoms with Gasteiger partial charge in [0.15, 0.2) is 4.90 Å². The molecule has 1 rings (SSSR count). The van der Waals surface area contributed by atoms with Gasteiger partial charge in [-0.1, -0.05) is 12.8 Å². The maximum atomic E-state index is 13.0. The molecule has 6 nitrogen and oxygen atoms in total. The summed E-state index contributed by atoms with van der Waals surface area (Å²) >= 11 is 0. The Morgan fingerprint density at radius 3 is 2.65 bits per heavy atom. The van der Waals surface area contributed by atoms with Crippen molar-refractivity contribution in [3.63, 3.8) is 0 Å². The molecule has 1 aromatic rings. The second kappa shape index (κ2) is 6.45. The highest BCUT2D eigenvalue weighted by molar-refractivity contribution is 7.89. The number of nitro groups is 1. The molecule has 0 spiro atoms. The van der Waals surface area contributed by atoms with Crippen LogP contribution in [0.5, 0.6) is 0 Å². The van der Waals surface area contributed by atoms with Gasteiger partial charge in [0.2, 0.25) is 0 Å². The zero-order valence-corrected chi connectivity index (χ0v) is 11.6. The molecule has 108 valence electrons. The highest BCUT2D eigenvalue weighted by Crippen LogP contribution is 2.27. The van der Waals surface area contributed by atoms with E-state index in [4.69, 9.17) is 6.42 Å². The lowest BCUT2D eigenvalue weighted by Gasteiger charge is -2.18. The number of rotatable bonds is 6. The summed E-state index contributed by atoms with van der Waals surface area (Å²) in [5, 5.41) is 10.9. The third kappa shape index (κ3) is 3.31. The minimum absolute atomic E-state index is 0.126. The van der Waals surface area contributed by atoms with E-state index < -0.39 is 31.3 Å². The molecule has 0 radical (unpaired) electrons. The van der Waals surface area contributed by atoms with Crippen LogP contribution in [-0.4, -0.2) is 30.7 Å². The van der Waals surface area contributed by atoms with E-state index in [0.29, 0.717) is 12.5 Å². The highest BCUT2D eigenvalue weighted by Gasteiger charge is 2.31. The van der Waals surface area contributed by atoms with Crippen LogP contribution in [0.15, 0.2) is 23.1 Å². The van der Waals surface area contributed by atoms with E-state index >= 15 is 0 Å². The number of sulfonamides is 1. The molecule has 0 aromatic heterocycles. The third-order valence-corrected chi connectivity index (χ3v) is 4.37. The molecule has 0 amide bonds. The van der Waals surface area contributed by atoms with Crippen LogP contribution in [-0.2, 0) is 10.0 Å². The van der Waals surface area contributed by atoms with Crippen molar-refractivity contribution >= 4 is 15.7 Å². The number of terminal acetylenes is 1. The second-order valence-electron chi connectivity index (χ2n) is 3.91. The van der Waals surface area contributed by atoms with Gasteiger partial charge in [0.25, 0.3) is 15.7 Å². The maximum absolute atomic E-state index is 13.0. The fourth-order valence-corrected chi connectivity index (χ4v) is 3.21. The van der Waals surface area contributed by atoms with E-state index in [2.05, 4.69) is 5.92 Å².